The maximum atomic E-state index is 11.7. The molecule has 1 amide bonds. The number of rotatable bonds is 6. The maximum absolute atomic E-state index is 11.7. The Morgan fingerprint density at radius 2 is 2.00 bits per heavy atom. The summed E-state index contributed by atoms with van der Waals surface area (Å²) >= 11 is 4.79. The predicted molar refractivity (Wildman–Crippen MR) is 80.0 cm³/mol. The molecule has 0 fully saturated rings. The zero-order valence-corrected chi connectivity index (χ0v) is 13.2. The summed E-state index contributed by atoms with van der Waals surface area (Å²) in [6.07, 6.45) is 1.98. The summed E-state index contributed by atoms with van der Waals surface area (Å²) in [6, 6.07) is 7.13. The molecule has 0 heterocycles. The molecule has 0 radical (unpaired) electrons. The SMILES string of the molecule is COC(=O)CC(NC(=O)CSC)c1ccc(Br)cc1. The van der Waals surface area contributed by atoms with Gasteiger partial charge in [0.1, 0.15) is 0 Å². The number of amides is 1. The van der Waals surface area contributed by atoms with Crippen LogP contribution in [0.15, 0.2) is 28.7 Å². The Morgan fingerprint density at radius 1 is 1.37 bits per heavy atom. The minimum Gasteiger partial charge on any atom is -0.469 e. The van der Waals surface area contributed by atoms with E-state index in [1.54, 1.807) is 0 Å². The zero-order chi connectivity index (χ0) is 14.3. The van der Waals surface area contributed by atoms with Gasteiger partial charge in [-0.3, -0.25) is 9.59 Å². The second kappa shape index (κ2) is 8.22. The second-order valence-corrected chi connectivity index (χ2v) is 5.67. The molecule has 0 bridgehead atoms. The number of carbonyl (C=O) groups is 2. The molecular formula is C13H16BrNO3S. The Morgan fingerprint density at radius 3 is 2.53 bits per heavy atom. The van der Waals surface area contributed by atoms with E-state index in [1.807, 2.05) is 30.5 Å². The molecule has 0 aliphatic carbocycles. The van der Waals surface area contributed by atoms with Crippen molar-refractivity contribution in [1.82, 2.24) is 5.32 Å². The largest absolute Gasteiger partial charge is 0.469 e. The molecule has 0 saturated heterocycles. The van der Waals surface area contributed by atoms with Crippen molar-refractivity contribution in [2.24, 2.45) is 0 Å². The third-order valence-corrected chi connectivity index (χ3v) is 3.56. The summed E-state index contributed by atoms with van der Waals surface area (Å²) in [7, 11) is 1.34. The van der Waals surface area contributed by atoms with Crippen molar-refractivity contribution in [2.45, 2.75) is 12.5 Å². The van der Waals surface area contributed by atoms with E-state index in [-0.39, 0.29) is 24.3 Å². The standard InChI is InChI=1S/C13H16BrNO3S/c1-18-13(17)7-11(15-12(16)8-19-2)9-3-5-10(14)6-4-9/h3-6,11H,7-8H2,1-2H3,(H,15,16). The number of benzene rings is 1. The van der Waals surface area contributed by atoms with Gasteiger partial charge < -0.3 is 10.1 Å². The van der Waals surface area contributed by atoms with Gasteiger partial charge in [-0.1, -0.05) is 28.1 Å². The lowest BCUT2D eigenvalue weighted by atomic mass is 10.0. The molecule has 104 valence electrons. The van der Waals surface area contributed by atoms with Crippen LogP contribution in [0.3, 0.4) is 0 Å². The van der Waals surface area contributed by atoms with Crippen molar-refractivity contribution in [3.8, 4) is 0 Å². The van der Waals surface area contributed by atoms with Crippen LogP contribution >= 0.6 is 27.7 Å². The van der Waals surface area contributed by atoms with Crippen LogP contribution in [-0.2, 0) is 14.3 Å². The molecule has 1 aromatic carbocycles. The predicted octanol–water partition coefficient (Wildman–Crippen LogP) is 2.53. The Bertz CT molecular complexity index is 436. The lowest BCUT2D eigenvalue weighted by Gasteiger charge is -2.18. The molecule has 1 N–H and O–H groups in total. The molecule has 1 aromatic rings. The monoisotopic (exact) mass is 345 g/mol. The van der Waals surface area contributed by atoms with E-state index < -0.39 is 0 Å². The third kappa shape index (κ3) is 5.65. The number of hydrogen-bond donors (Lipinski definition) is 1. The first-order chi connectivity index (χ1) is 9.06. The van der Waals surface area contributed by atoms with Gasteiger partial charge in [-0.15, -0.1) is 0 Å². The van der Waals surface area contributed by atoms with E-state index in [9.17, 15) is 9.59 Å². The fourth-order valence-electron chi connectivity index (χ4n) is 1.56. The highest BCUT2D eigenvalue weighted by Crippen LogP contribution is 2.20. The van der Waals surface area contributed by atoms with Gasteiger partial charge >= 0.3 is 5.97 Å². The molecule has 1 unspecified atom stereocenters. The van der Waals surface area contributed by atoms with Gasteiger partial charge in [0.2, 0.25) is 5.91 Å². The Kier molecular flexibility index (Phi) is 6.94. The molecule has 1 rings (SSSR count). The lowest BCUT2D eigenvalue weighted by molar-refractivity contribution is -0.141. The quantitative estimate of drug-likeness (QED) is 0.805. The van der Waals surface area contributed by atoms with Crippen LogP contribution in [-0.4, -0.2) is 31.0 Å². The van der Waals surface area contributed by atoms with Crippen LogP contribution in [0.2, 0.25) is 0 Å². The summed E-state index contributed by atoms with van der Waals surface area (Å²) in [5.74, 6) is -0.0736. The molecule has 0 saturated carbocycles. The fraction of sp³-hybridized carbons (Fsp3) is 0.385. The number of halogens is 1. The number of carbonyl (C=O) groups excluding carboxylic acids is 2. The maximum Gasteiger partial charge on any atom is 0.307 e. The second-order valence-electron chi connectivity index (χ2n) is 3.88. The van der Waals surface area contributed by atoms with Crippen LogP contribution in [0.4, 0.5) is 0 Å². The van der Waals surface area contributed by atoms with E-state index in [0.717, 1.165) is 10.0 Å². The van der Waals surface area contributed by atoms with E-state index in [2.05, 4.69) is 26.0 Å². The first-order valence-corrected chi connectivity index (χ1v) is 7.86. The van der Waals surface area contributed by atoms with Gasteiger partial charge in [0.25, 0.3) is 0 Å². The van der Waals surface area contributed by atoms with Gasteiger partial charge in [-0.25, -0.2) is 0 Å². The summed E-state index contributed by atoms with van der Waals surface area (Å²) in [5.41, 5.74) is 0.878. The smallest absolute Gasteiger partial charge is 0.307 e. The lowest BCUT2D eigenvalue weighted by Crippen LogP contribution is -2.31. The number of thioether (sulfide) groups is 1. The fourth-order valence-corrected chi connectivity index (χ4v) is 2.17. The normalized spacial score (nSPS) is 11.7. The van der Waals surface area contributed by atoms with Gasteiger partial charge in [-0.2, -0.15) is 11.8 Å². The van der Waals surface area contributed by atoms with Crippen LogP contribution in [0.5, 0.6) is 0 Å². The Hall–Kier alpha value is -1.01. The van der Waals surface area contributed by atoms with E-state index in [4.69, 9.17) is 0 Å². The molecule has 0 spiro atoms. The number of methoxy groups -OCH3 is 1. The average Bonchev–Trinajstić information content (AvgIpc) is 2.39. The zero-order valence-electron chi connectivity index (χ0n) is 10.8. The highest BCUT2D eigenvalue weighted by Gasteiger charge is 2.18. The van der Waals surface area contributed by atoms with Crippen molar-refractivity contribution in [1.29, 1.82) is 0 Å². The van der Waals surface area contributed by atoms with Crippen molar-refractivity contribution in [3.05, 3.63) is 34.3 Å². The molecule has 6 heteroatoms. The van der Waals surface area contributed by atoms with E-state index in [0.29, 0.717) is 5.75 Å². The Labute approximate surface area is 125 Å². The average molecular weight is 346 g/mol. The topological polar surface area (TPSA) is 55.4 Å². The molecule has 0 aromatic heterocycles. The highest BCUT2D eigenvalue weighted by molar-refractivity contribution is 9.10. The van der Waals surface area contributed by atoms with Crippen molar-refractivity contribution in [3.63, 3.8) is 0 Å². The summed E-state index contributed by atoms with van der Waals surface area (Å²) in [5, 5.41) is 2.84. The number of nitrogens with one attached hydrogen (secondary N) is 1. The third-order valence-electron chi connectivity index (χ3n) is 2.48. The summed E-state index contributed by atoms with van der Waals surface area (Å²) in [6.45, 7) is 0. The van der Waals surface area contributed by atoms with E-state index in [1.165, 1.54) is 18.9 Å². The van der Waals surface area contributed by atoms with Crippen LogP contribution < -0.4 is 5.32 Å². The van der Waals surface area contributed by atoms with Gasteiger partial charge in [-0.05, 0) is 24.0 Å². The minimum absolute atomic E-state index is 0.0932. The van der Waals surface area contributed by atoms with Crippen LogP contribution in [0, 0.1) is 0 Å². The summed E-state index contributed by atoms with van der Waals surface area (Å²) in [4.78, 5) is 23.1. The van der Waals surface area contributed by atoms with E-state index >= 15 is 0 Å². The molecule has 1 atom stereocenters. The molecule has 0 aliphatic heterocycles. The Balaban J connectivity index is 2.82. The summed E-state index contributed by atoms with van der Waals surface area (Å²) < 4.78 is 5.61. The van der Waals surface area contributed by atoms with Crippen molar-refractivity contribution < 1.29 is 14.3 Å². The van der Waals surface area contributed by atoms with Gasteiger partial charge in [0.05, 0.1) is 25.3 Å². The van der Waals surface area contributed by atoms with Gasteiger partial charge in [0, 0.05) is 4.47 Å². The van der Waals surface area contributed by atoms with Gasteiger partial charge in [0.15, 0.2) is 0 Å². The van der Waals surface area contributed by atoms with Crippen molar-refractivity contribution >= 4 is 39.6 Å². The molecule has 19 heavy (non-hydrogen) atoms. The molecule has 0 aliphatic rings. The van der Waals surface area contributed by atoms with Crippen molar-refractivity contribution in [2.75, 3.05) is 19.1 Å². The first kappa shape index (κ1) is 16.0. The van der Waals surface area contributed by atoms with Crippen LogP contribution in [0.1, 0.15) is 18.0 Å². The van der Waals surface area contributed by atoms with Crippen LogP contribution in [0.25, 0.3) is 0 Å². The number of esters is 1. The number of ether oxygens (including phenoxy) is 1. The molecular weight excluding hydrogens is 330 g/mol. The number of hydrogen-bond acceptors (Lipinski definition) is 4. The minimum atomic E-state index is -0.361. The first-order valence-electron chi connectivity index (χ1n) is 5.67. The molecule has 4 nitrogen and oxygen atoms in total. The highest BCUT2D eigenvalue weighted by atomic mass is 79.9.